The number of aliphatic hydroxyl groups excluding tert-OH is 3. The third-order valence-electron chi connectivity index (χ3n) is 2.28. The van der Waals surface area contributed by atoms with E-state index in [0.29, 0.717) is 12.5 Å². The van der Waals surface area contributed by atoms with Crippen molar-refractivity contribution in [1.82, 2.24) is 5.32 Å². The van der Waals surface area contributed by atoms with E-state index in [4.69, 9.17) is 15.3 Å². The summed E-state index contributed by atoms with van der Waals surface area (Å²) in [6, 6.07) is 0. The van der Waals surface area contributed by atoms with Crippen molar-refractivity contribution in [3.63, 3.8) is 0 Å². The van der Waals surface area contributed by atoms with Crippen LogP contribution < -0.4 is 5.32 Å². The molecule has 0 aromatic heterocycles. The van der Waals surface area contributed by atoms with Gasteiger partial charge in [0.05, 0.1) is 25.4 Å². The van der Waals surface area contributed by atoms with Gasteiger partial charge in [0.1, 0.15) is 0 Å². The Morgan fingerprint density at radius 2 is 1.60 bits per heavy atom. The highest BCUT2D eigenvalue weighted by Gasteiger charge is 2.26. The maximum Gasteiger partial charge on any atom is 0.0884 e. The van der Waals surface area contributed by atoms with E-state index in [-0.39, 0.29) is 19.8 Å². The largest absolute Gasteiger partial charge is 0.394 e. The maximum atomic E-state index is 9.01. The molecule has 0 atom stereocenters. The number of nitrogens with one attached hydrogen (secondary N) is 1. The van der Waals surface area contributed by atoms with Crippen LogP contribution in [0, 0.1) is 5.92 Å². The summed E-state index contributed by atoms with van der Waals surface area (Å²) >= 11 is 0. The number of hydrogen-bond donors (Lipinski definition) is 4. The summed E-state index contributed by atoms with van der Waals surface area (Å²) in [5, 5.41) is 30.0. The van der Waals surface area contributed by atoms with E-state index >= 15 is 0 Å². The van der Waals surface area contributed by atoms with Crippen LogP contribution in [0.1, 0.15) is 20.3 Å². The van der Waals surface area contributed by atoms with Crippen molar-refractivity contribution in [2.45, 2.75) is 25.8 Å². The maximum absolute atomic E-state index is 9.01. The first-order valence-electron chi connectivity index (χ1n) is 5.33. The van der Waals surface area contributed by atoms with Crippen LogP contribution in [0.25, 0.3) is 0 Å². The smallest absolute Gasteiger partial charge is 0.0884 e. The van der Waals surface area contributed by atoms with Gasteiger partial charge in [-0.2, -0.15) is 0 Å². The molecule has 0 saturated heterocycles. The van der Waals surface area contributed by atoms with Gasteiger partial charge in [0, 0.05) is 6.54 Å². The van der Waals surface area contributed by atoms with Crippen molar-refractivity contribution in [3.05, 3.63) is 12.2 Å². The van der Waals surface area contributed by atoms with Crippen molar-refractivity contribution in [2.75, 3.05) is 26.4 Å². The Labute approximate surface area is 91.6 Å². The Balaban J connectivity index is 3.85. The van der Waals surface area contributed by atoms with E-state index in [9.17, 15) is 0 Å². The molecular weight excluding hydrogens is 194 g/mol. The molecule has 4 nitrogen and oxygen atoms in total. The summed E-state index contributed by atoms with van der Waals surface area (Å²) in [6.07, 6.45) is 5.00. The minimum Gasteiger partial charge on any atom is -0.394 e. The molecule has 15 heavy (non-hydrogen) atoms. The van der Waals surface area contributed by atoms with Gasteiger partial charge in [0.15, 0.2) is 0 Å². The second-order valence-electron chi connectivity index (χ2n) is 4.24. The van der Waals surface area contributed by atoms with Crippen LogP contribution in [0.2, 0.25) is 0 Å². The lowest BCUT2D eigenvalue weighted by molar-refractivity contribution is 0.0451. The molecule has 0 radical (unpaired) electrons. The molecule has 90 valence electrons. The lowest BCUT2D eigenvalue weighted by Crippen LogP contribution is -2.54. The summed E-state index contributed by atoms with van der Waals surface area (Å²) in [6.45, 7) is 3.97. The van der Waals surface area contributed by atoms with Gasteiger partial charge in [0.25, 0.3) is 0 Å². The van der Waals surface area contributed by atoms with Crippen LogP contribution in [-0.4, -0.2) is 47.2 Å². The van der Waals surface area contributed by atoms with E-state index in [1.807, 2.05) is 6.08 Å². The molecule has 0 aliphatic heterocycles. The lowest BCUT2D eigenvalue weighted by atomic mass is 10.0. The Hall–Kier alpha value is -0.420. The van der Waals surface area contributed by atoms with E-state index in [1.165, 1.54) is 0 Å². The predicted octanol–water partition coefficient (Wildman–Crippen LogP) is -0.106. The quantitative estimate of drug-likeness (QED) is 0.428. The third kappa shape index (κ3) is 5.89. The summed E-state index contributed by atoms with van der Waals surface area (Å²) in [5.74, 6) is 0.625. The summed E-state index contributed by atoms with van der Waals surface area (Å²) in [4.78, 5) is 0. The van der Waals surface area contributed by atoms with E-state index in [1.54, 1.807) is 0 Å². The molecule has 4 heteroatoms. The first kappa shape index (κ1) is 14.6. The molecule has 0 bridgehead atoms. The molecule has 0 aromatic carbocycles. The van der Waals surface area contributed by atoms with Crippen LogP contribution in [0.5, 0.6) is 0 Å². The Morgan fingerprint density at radius 1 is 1.07 bits per heavy atom. The van der Waals surface area contributed by atoms with Gasteiger partial charge < -0.3 is 20.6 Å². The molecule has 0 heterocycles. The number of allylic oxidation sites excluding steroid dienone is 1. The highest BCUT2D eigenvalue weighted by atomic mass is 16.3. The fraction of sp³-hybridized carbons (Fsp3) is 0.818. The second-order valence-corrected chi connectivity index (χ2v) is 4.24. The average molecular weight is 217 g/mol. The molecule has 0 aromatic rings. The van der Waals surface area contributed by atoms with Crippen molar-refractivity contribution in [2.24, 2.45) is 5.92 Å². The van der Waals surface area contributed by atoms with Crippen molar-refractivity contribution < 1.29 is 15.3 Å². The monoisotopic (exact) mass is 217 g/mol. The Bertz CT molecular complexity index is 168. The average Bonchev–Trinajstić information content (AvgIpc) is 2.24. The molecular formula is C11H23NO3. The van der Waals surface area contributed by atoms with Crippen LogP contribution in [0.15, 0.2) is 12.2 Å². The minimum atomic E-state index is -0.970. The third-order valence-corrected chi connectivity index (χ3v) is 2.28. The van der Waals surface area contributed by atoms with Crippen LogP contribution >= 0.6 is 0 Å². The highest BCUT2D eigenvalue weighted by molar-refractivity contribution is 4.92. The van der Waals surface area contributed by atoms with Gasteiger partial charge in [-0.15, -0.1) is 0 Å². The highest BCUT2D eigenvalue weighted by Crippen LogP contribution is 2.02. The predicted molar refractivity (Wildman–Crippen MR) is 60.6 cm³/mol. The van der Waals surface area contributed by atoms with Crippen molar-refractivity contribution >= 4 is 0 Å². The van der Waals surface area contributed by atoms with Crippen molar-refractivity contribution in [1.29, 1.82) is 0 Å². The molecule has 0 unspecified atom stereocenters. The SMILES string of the molecule is CC(C)C/C=C/CNC(CO)(CO)CO. The van der Waals surface area contributed by atoms with Gasteiger partial charge >= 0.3 is 0 Å². The fourth-order valence-corrected chi connectivity index (χ4v) is 1.04. The minimum absolute atomic E-state index is 0.280. The standard InChI is InChI=1S/C11H23NO3/c1-10(2)5-3-4-6-12-11(7-13,8-14)9-15/h3-4,10,12-15H,5-9H2,1-2H3/b4-3+. The topological polar surface area (TPSA) is 72.7 Å². The normalized spacial score (nSPS) is 12.9. The molecule has 0 saturated carbocycles. The molecule has 0 fully saturated rings. The molecule has 0 rings (SSSR count). The van der Waals surface area contributed by atoms with Gasteiger partial charge in [-0.25, -0.2) is 0 Å². The van der Waals surface area contributed by atoms with Crippen LogP contribution in [0.3, 0.4) is 0 Å². The first-order valence-corrected chi connectivity index (χ1v) is 5.33. The second kappa shape index (κ2) is 7.82. The Morgan fingerprint density at radius 3 is 2.00 bits per heavy atom. The molecule has 4 N–H and O–H groups in total. The van der Waals surface area contributed by atoms with E-state index < -0.39 is 5.54 Å². The zero-order valence-corrected chi connectivity index (χ0v) is 9.61. The van der Waals surface area contributed by atoms with Crippen LogP contribution in [-0.2, 0) is 0 Å². The zero-order chi connectivity index (χ0) is 11.7. The summed E-state index contributed by atoms with van der Waals surface area (Å²) in [5.41, 5.74) is -0.970. The molecule has 0 aliphatic carbocycles. The van der Waals surface area contributed by atoms with E-state index in [0.717, 1.165) is 6.42 Å². The summed E-state index contributed by atoms with van der Waals surface area (Å²) in [7, 11) is 0. The van der Waals surface area contributed by atoms with Gasteiger partial charge in [0.2, 0.25) is 0 Å². The van der Waals surface area contributed by atoms with Gasteiger partial charge in [-0.1, -0.05) is 26.0 Å². The lowest BCUT2D eigenvalue weighted by Gasteiger charge is -2.28. The van der Waals surface area contributed by atoms with Gasteiger partial charge in [-0.05, 0) is 12.3 Å². The van der Waals surface area contributed by atoms with Gasteiger partial charge in [-0.3, -0.25) is 0 Å². The fourth-order valence-electron chi connectivity index (χ4n) is 1.04. The molecule has 0 aliphatic rings. The molecule has 0 amide bonds. The number of aliphatic hydroxyl groups is 3. The Kier molecular flexibility index (Phi) is 7.60. The zero-order valence-electron chi connectivity index (χ0n) is 9.61. The molecule has 0 spiro atoms. The number of rotatable bonds is 8. The first-order chi connectivity index (χ1) is 7.10. The van der Waals surface area contributed by atoms with Crippen LogP contribution in [0.4, 0.5) is 0 Å². The number of hydrogen-bond acceptors (Lipinski definition) is 4. The van der Waals surface area contributed by atoms with Crippen molar-refractivity contribution in [3.8, 4) is 0 Å². The summed E-state index contributed by atoms with van der Waals surface area (Å²) < 4.78 is 0. The van der Waals surface area contributed by atoms with E-state index in [2.05, 4.69) is 25.2 Å².